The summed E-state index contributed by atoms with van der Waals surface area (Å²) in [4.78, 5) is 3.78. The van der Waals surface area contributed by atoms with E-state index < -0.39 is 11.7 Å². The van der Waals surface area contributed by atoms with Crippen molar-refractivity contribution in [3.8, 4) is 28.3 Å². The Morgan fingerprint density at radius 3 is 2.55 bits per heavy atom. The van der Waals surface area contributed by atoms with Gasteiger partial charge in [-0.15, -0.1) is 0 Å². The van der Waals surface area contributed by atoms with Crippen LogP contribution in [0.15, 0.2) is 49.2 Å². The average Bonchev–Trinajstić information content (AvgIpc) is 3.60. The molecule has 4 aromatic rings. The van der Waals surface area contributed by atoms with Gasteiger partial charge in [-0.05, 0) is 31.0 Å². The van der Waals surface area contributed by atoms with Crippen LogP contribution in [-0.4, -0.2) is 43.4 Å². The molecular formula is C24H21FN6O2. The summed E-state index contributed by atoms with van der Waals surface area (Å²) >= 11 is 0. The number of ether oxygens (including phenoxy) is 2. The Labute approximate surface area is 189 Å². The van der Waals surface area contributed by atoms with Crippen LogP contribution >= 0.6 is 0 Å². The molecule has 9 heteroatoms. The summed E-state index contributed by atoms with van der Waals surface area (Å²) in [6.07, 6.45) is 12.4. The topological polar surface area (TPSA) is 90.3 Å². The number of nitrogens with zero attached hydrogens (tertiary/aromatic N) is 6. The maximum Gasteiger partial charge on any atom is 0.212 e. The zero-order valence-electron chi connectivity index (χ0n) is 17.8. The number of rotatable bonds is 3. The van der Waals surface area contributed by atoms with E-state index >= 15 is 0 Å². The van der Waals surface area contributed by atoms with E-state index in [0.717, 1.165) is 42.4 Å². The van der Waals surface area contributed by atoms with Crippen molar-refractivity contribution in [2.24, 2.45) is 0 Å². The average molecular weight is 444 g/mol. The van der Waals surface area contributed by atoms with Crippen molar-refractivity contribution >= 4 is 5.52 Å². The minimum Gasteiger partial charge on any atom is -0.348 e. The van der Waals surface area contributed by atoms with Crippen LogP contribution in [0.4, 0.5) is 4.39 Å². The van der Waals surface area contributed by atoms with E-state index in [4.69, 9.17) is 9.47 Å². The van der Waals surface area contributed by atoms with Gasteiger partial charge in [0.1, 0.15) is 6.07 Å². The molecule has 2 aliphatic rings. The van der Waals surface area contributed by atoms with Gasteiger partial charge in [0.2, 0.25) is 5.95 Å². The van der Waals surface area contributed by atoms with E-state index in [1.807, 2.05) is 29.3 Å². The molecule has 8 nitrogen and oxygen atoms in total. The molecule has 0 aromatic carbocycles. The predicted molar refractivity (Wildman–Crippen MR) is 116 cm³/mol. The molecule has 6 rings (SSSR count). The highest BCUT2D eigenvalue weighted by molar-refractivity contribution is 5.87. The summed E-state index contributed by atoms with van der Waals surface area (Å²) in [6, 6.07) is 7.42. The predicted octanol–water partition coefficient (Wildman–Crippen LogP) is 4.13. The number of aromatic nitrogens is 5. The highest BCUT2D eigenvalue weighted by atomic mass is 19.1. The highest BCUT2D eigenvalue weighted by Crippen LogP contribution is 2.40. The quantitative estimate of drug-likeness (QED) is 0.442. The van der Waals surface area contributed by atoms with Gasteiger partial charge in [-0.1, -0.05) is 0 Å². The summed E-state index contributed by atoms with van der Waals surface area (Å²) < 4.78 is 28.8. The minimum absolute atomic E-state index is 0.288. The molecule has 166 valence electrons. The van der Waals surface area contributed by atoms with Crippen molar-refractivity contribution in [3.05, 3.63) is 60.7 Å². The summed E-state index contributed by atoms with van der Waals surface area (Å²) in [5.41, 5.74) is 4.42. The zero-order valence-corrected chi connectivity index (χ0v) is 17.8. The fraction of sp³-hybridized carbons (Fsp3) is 0.333. The molecule has 33 heavy (non-hydrogen) atoms. The first-order valence-electron chi connectivity index (χ1n) is 11.0. The van der Waals surface area contributed by atoms with Crippen LogP contribution in [0.3, 0.4) is 0 Å². The lowest BCUT2D eigenvalue weighted by molar-refractivity contribution is -0.181. The van der Waals surface area contributed by atoms with Gasteiger partial charge in [0, 0.05) is 53.7 Å². The molecule has 0 amide bonds. The number of nitriles is 1. The number of halogens is 1. The minimum atomic E-state index is -0.552. The molecule has 1 saturated carbocycles. The Hall–Kier alpha value is -3.61. The first-order chi connectivity index (χ1) is 16.1. The van der Waals surface area contributed by atoms with Crippen LogP contribution < -0.4 is 0 Å². The lowest BCUT2D eigenvalue weighted by atomic mass is 9.90. The SMILES string of the molecule is N#Cc1cnn2cc(-c3cnn(C4CCC5(CC4)OCCO5)c3)cc(-c3ccc(F)nc3)c12. The van der Waals surface area contributed by atoms with Crippen LogP contribution in [0.2, 0.25) is 0 Å². The molecule has 4 aromatic heterocycles. The third-order valence-electron chi connectivity index (χ3n) is 6.61. The third-order valence-corrected chi connectivity index (χ3v) is 6.61. The molecule has 1 spiro atoms. The fourth-order valence-corrected chi connectivity index (χ4v) is 4.90. The van der Waals surface area contributed by atoms with Crippen LogP contribution in [0, 0.1) is 17.3 Å². The largest absolute Gasteiger partial charge is 0.348 e. The summed E-state index contributed by atoms with van der Waals surface area (Å²) in [6.45, 7) is 1.35. The standard InChI is InChI=1S/C24H21FN6O2/c25-22-2-1-16(11-27-22)21-9-17(14-31-23(21)18(10-26)12-29-31)19-13-28-30(15-19)20-3-5-24(6-4-20)32-7-8-33-24/h1-2,9,11-15,20H,3-8H2. The molecule has 1 aliphatic carbocycles. The molecule has 5 heterocycles. The summed E-state index contributed by atoms with van der Waals surface area (Å²) in [5, 5.41) is 18.5. The van der Waals surface area contributed by atoms with Gasteiger partial charge < -0.3 is 9.47 Å². The molecule has 0 bridgehead atoms. The van der Waals surface area contributed by atoms with Crippen LogP contribution in [0.5, 0.6) is 0 Å². The maximum absolute atomic E-state index is 13.4. The van der Waals surface area contributed by atoms with Crippen molar-refractivity contribution in [2.75, 3.05) is 13.2 Å². The van der Waals surface area contributed by atoms with E-state index in [1.165, 1.54) is 18.5 Å². The van der Waals surface area contributed by atoms with Gasteiger partial charge in [0.15, 0.2) is 5.79 Å². The smallest absolute Gasteiger partial charge is 0.212 e. The summed E-state index contributed by atoms with van der Waals surface area (Å²) in [5.74, 6) is -0.947. The van der Waals surface area contributed by atoms with Crippen molar-refractivity contribution in [3.63, 3.8) is 0 Å². The maximum atomic E-state index is 13.4. The third kappa shape index (κ3) is 3.48. The normalized spacial score (nSPS) is 18.2. The number of fused-ring (bicyclic) bond motifs is 1. The Morgan fingerprint density at radius 1 is 1.00 bits per heavy atom. The van der Waals surface area contributed by atoms with Crippen LogP contribution in [0.1, 0.15) is 37.3 Å². The number of hydrogen-bond donors (Lipinski definition) is 0. The first-order valence-corrected chi connectivity index (χ1v) is 11.0. The molecule has 0 N–H and O–H groups in total. The Kier molecular flexibility index (Phi) is 4.71. The van der Waals surface area contributed by atoms with Crippen molar-refractivity contribution in [1.82, 2.24) is 24.4 Å². The summed E-state index contributed by atoms with van der Waals surface area (Å²) in [7, 11) is 0. The number of pyridine rings is 2. The second-order valence-electron chi connectivity index (χ2n) is 8.52. The molecule has 0 unspecified atom stereocenters. The van der Waals surface area contributed by atoms with E-state index in [1.54, 1.807) is 10.6 Å². The molecule has 1 aliphatic heterocycles. The van der Waals surface area contributed by atoms with Crippen molar-refractivity contribution in [1.29, 1.82) is 5.26 Å². The fourth-order valence-electron chi connectivity index (χ4n) is 4.90. The monoisotopic (exact) mass is 444 g/mol. The van der Waals surface area contributed by atoms with Crippen LogP contribution in [-0.2, 0) is 9.47 Å². The Morgan fingerprint density at radius 2 is 1.82 bits per heavy atom. The van der Waals surface area contributed by atoms with E-state index in [2.05, 4.69) is 21.3 Å². The van der Waals surface area contributed by atoms with Gasteiger partial charge in [0.05, 0.1) is 42.7 Å². The van der Waals surface area contributed by atoms with E-state index in [0.29, 0.717) is 29.9 Å². The van der Waals surface area contributed by atoms with Gasteiger partial charge >= 0.3 is 0 Å². The van der Waals surface area contributed by atoms with Gasteiger partial charge in [0.25, 0.3) is 0 Å². The second kappa shape index (κ2) is 7.76. The van der Waals surface area contributed by atoms with Crippen molar-refractivity contribution in [2.45, 2.75) is 37.5 Å². The number of hydrogen-bond acceptors (Lipinski definition) is 6. The van der Waals surface area contributed by atoms with E-state index in [-0.39, 0.29) is 6.04 Å². The van der Waals surface area contributed by atoms with Gasteiger partial charge in [-0.2, -0.15) is 19.8 Å². The Balaban J connectivity index is 1.35. The molecule has 0 radical (unpaired) electrons. The lowest BCUT2D eigenvalue weighted by Gasteiger charge is -2.35. The molecular weight excluding hydrogens is 423 g/mol. The van der Waals surface area contributed by atoms with E-state index in [9.17, 15) is 9.65 Å². The first kappa shape index (κ1) is 20.0. The van der Waals surface area contributed by atoms with Gasteiger partial charge in [-0.25, -0.2) is 9.50 Å². The molecule has 1 saturated heterocycles. The second-order valence-corrected chi connectivity index (χ2v) is 8.52. The Bertz CT molecular complexity index is 1350. The lowest BCUT2D eigenvalue weighted by Crippen LogP contribution is -2.35. The zero-order chi connectivity index (χ0) is 22.4. The highest BCUT2D eigenvalue weighted by Gasteiger charge is 2.40. The van der Waals surface area contributed by atoms with Crippen LogP contribution in [0.25, 0.3) is 27.8 Å². The molecule has 2 fully saturated rings. The van der Waals surface area contributed by atoms with Crippen molar-refractivity contribution < 1.29 is 13.9 Å². The van der Waals surface area contributed by atoms with Gasteiger partial charge in [-0.3, -0.25) is 4.68 Å². The molecule has 0 atom stereocenters.